The minimum Gasteiger partial charge on any atom is -0.506 e. The van der Waals surface area contributed by atoms with Crippen LogP contribution in [0.4, 0.5) is 15.9 Å². The zero-order chi connectivity index (χ0) is 12.4. The maximum atomic E-state index is 12.8. The Morgan fingerprint density at radius 2 is 2.00 bits per heavy atom. The molecule has 4 nitrogen and oxygen atoms in total. The van der Waals surface area contributed by atoms with Crippen LogP contribution in [0.1, 0.15) is 11.3 Å². The molecule has 2 N–H and O–H groups in total. The van der Waals surface area contributed by atoms with E-state index in [1.807, 2.05) is 13.8 Å². The number of halogens is 1. The number of rotatable bonds is 2. The molecule has 0 amide bonds. The highest BCUT2D eigenvalue weighted by atomic mass is 19.1. The number of hydrogen-bond acceptors (Lipinski definition) is 4. The molecule has 0 aliphatic heterocycles. The molecule has 0 atom stereocenters. The van der Waals surface area contributed by atoms with E-state index in [1.165, 1.54) is 18.5 Å². The van der Waals surface area contributed by atoms with Gasteiger partial charge in [0.05, 0.1) is 5.69 Å². The molecule has 2 rings (SSSR count). The number of aromatic hydroxyl groups is 1. The van der Waals surface area contributed by atoms with Crippen molar-refractivity contribution >= 4 is 11.5 Å². The van der Waals surface area contributed by atoms with Crippen molar-refractivity contribution in [3.05, 3.63) is 41.6 Å². The summed E-state index contributed by atoms with van der Waals surface area (Å²) in [6.07, 6.45) is 1.44. The first kappa shape index (κ1) is 11.3. The van der Waals surface area contributed by atoms with Gasteiger partial charge in [-0.15, -0.1) is 0 Å². The van der Waals surface area contributed by atoms with Crippen LogP contribution in [0.5, 0.6) is 5.75 Å². The van der Waals surface area contributed by atoms with E-state index in [2.05, 4.69) is 15.3 Å². The number of anilines is 2. The summed E-state index contributed by atoms with van der Waals surface area (Å²) in [5.74, 6) is -0.0382. The largest absolute Gasteiger partial charge is 0.506 e. The van der Waals surface area contributed by atoms with Crippen LogP contribution in [0.15, 0.2) is 24.5 Å². The van der Waals surface area contributed by atoms with Crippen LogP contribution < -0.4 is 5.32 Å². The van der Waals surface area contributed by atoms with E-state index in [0.29, 0.717) is 11.5 Å². The molecular weight excluding hydrogens is 221 g/mol. The Morgan fingerprint density at radius 1 is 1.24 bits per heavy atom. The predicted molar refractivity (Wildman–Crippen MR) is 62.9 cm³/mol. The predicted octanol–water partition coefficient (Wildman–Crippen LogP) is 2.68. The number of nitrogens with one attached hydrogen (secondary N) is 1. The highest BCUT2D eigenvalue weighted by Crippen LogP contribution is 2.27. The second-order valence-corrected chi connectivity index (χ2v) is 3.72. The molecule has 0 aliphatic carbocycles. The van der Waals surface area contributed by atoms with E-state index in [-0.39, 0.29) is 5.75 Å². The second kappa shape index (κ2) is 4.37. The van der Waals surface area contributed by atoms with Crippen LogP contribution in [0.3, 0.4) is 0 Å². The summed E-state index contributed by atoms with van der Waals surface area (Å²) >= 11 is 0. The summed E-state index contributed by atoms with van der Waals surface area (Å²) in [4.78, 5) is 8.11. The van der Waals surface area contributed by atoms with Gasteiger partial charge in [0.1, 0.15) is 23.7 Å². The molecule has 1 heterocycles. The van der Waals surface area contributed by atoms with Crippen LogP contribution in [-0.2, 0) is 0 Å². The monoisotopic (exact) mass is 233 g/mol. The molecule has 0 fully saturated rings. The number of hydrogen-bond donors (Lipinski definition) is 2. The van der Waals surface area contributed by atoms with Gasteiger partial charge < -0.3 is 10.4 Å². The highest BCUT2D eigenvalue weighted by molar-refractivity contribution is 5.65. The van der Waals surface area contributed by atoms with Gasteiger partial charge in [0, 0.05) is 17.3 Å². The van der Waals surface area contributed by atoms with E-state index in [9.17, 15) is 9.50 Å². The molecular formula is C12H12FN3O. The summed E-state index contributed by atoms with van der Waals surface area (Å²) in [7, 11) is 0. The van der Waals surface area contributed by atoms with Gasteiger partial charge in [-0.1, -0.05) is 0 Å². The molecule has 0 saturated carbocycles. The lowest BCUT2D eigenvalue weighted by Crippen LogP contribution is -2.00. The normalized spacial score (nSPS) is 10.3. The number of aryl methyl sites for hydroxylation is 1. The number of phenols is 1. The number of benzene rings is 1. The summed E-state index contributed by atoms with van der Waals surface area (Å²) in [5.41, 5.74) is 2.15. The fourth-order valence-electron chi connectivity index (χ4n) is 1.40. The lowest BCUT2D eigenvalue weighted by molar-refractivity contribution is 0.471. The second-order valence-electron chi connectivity index (χ2n) is 3.72. The van der Waals surface area contributed by atoms with Crippen molar-refractivity contribution in [3.63, 3.8) is 0 Å². The zero-order valence-electron chi connectivity index (χ0n) is 9.53. The van der Waals surface area contributed by atoms with Gasteiger partial charge in [0.2, 0.25) is 0 Å². The molecule has 88 valence electrons. The van der Waals surface area contributed by atoms with Gasteiger partial charge in [-0.05, 0) is 26.0 Å². The third-order valence-electron chi connectivity index (χ3n) is 2.55. The molecule has 1 aromatic heterocycles. The molecule has 0 unspecified atom stereocenters. The third kappa shape index (κ3) is 2.33. The SMILES string of the molecule is Cc1ncnc(Nc2ccc(F)cc2O)c1C. The van der Waals surface area contributed by atoms with Gasteiger partial charge in [-0.2, -0.15) is 0 Å². The first-order valence-corrected chi connectivity index (χ1v) is 5.11. The fourth-order valence-corrected chi connectivity index (χ4v) is 1.40. The minimum atomic E-state index is -0.483. The van der Waals surface area contributed by atoms with Crippen LogP contribution in [0, 0.1) is 19.7 Å². The number of aromatic nitrogens is 2. The molecule has 0 radical (unpaired) electrons. The minimum absolute atomic E-state index is 0.152. The Hall–Kier alpha value is -2.17. The van der Waals surface area contributed by atoms with Crippen molar-refractivity contribution in [1.82, 2.24) is 9.97 Å². The lowest BCUT2D eigenvalue weighted by Gasteiger charge is -2.10. The Morgan fingerprint density at radius 3 is 2.71 bits per heavy atom. The van der Waals surface area contributed by atoms with E-state index in [4.69, 9.17) is 0 Å². The quantitative estimate of drug-likeness (QED) is 0.783. The Kier molecular flexibility index (Phi) is 2.91. The lowest BCUT2D eigenvalue weighted by atomic mass is 10.2. The molecule has 0 spiro atoms. The van der Waals surface area contributed by atoms with E-state index < -0.39 is 5.82 Å². The van der Waals surface area contributed by atoms with Gasteiger partial charge in [0.15, 0.2) is 0 Å². The third-order valence-corrected chi connectivity index (χ3v) is 2.55. The number of nitrogens with zero attached hydrogens (tertiary/aromatic N) is 2. The maximum absolute atomic E-state index is 12.8. The standard InChI is InChI=1S/C12H12FN3O/c1-7-8(2)14-6-15-12(7)16-10-4-3-9(13)5-11(10)17/h3-6,17H,1-2H3,(H,14,15,16). The average Bonchev–Trinajstić information content (AvgIpc) is 2.28. The molecule has 17 heavy (non-hydrogen) atoms. The van der Waals surface area contributed by atoms with E-state index in [1.54, 1.807) is 0 Å². The maximum Gasteiger partial charge on any atom is 0.141 e. The van der Waals surface area contributed by atoms with Gasteiger partial charge >= 0.3 is 0 Å². The van der Waals surface area contributed by atoms with Crippen molar-refractivity contribution in [2.45, 2.75) is 13.8 Å². The van der Waals surface area contributed by atoms with Crippen LogP contribution in [-0.4, -0.2) is 15.1 Å². The van der Waals surface area contributed by atoms with Crippen molar-refractivity contribution < 1.29 is 9.50 Å². The number of phenolic OH excluding ortho intramolecular Hbond substituents is 1. The Labute approximate surface area is 98.2 Å². The molecule has 0 saturated heterocycles. The van der Waals surface area contributed by atoms with Crippen molar-refractivity contribution in [3.8, 4) is 5.75 Å². The van der Waals surface area contributed by atoms with Crippen LogP contribution in [0.25, 0.3) is 0 Å². The van der Waals surface area contributed by atoms with Crippen molar-refractivity contribution in [2.75, 3.05) is 5.32 Å². The van der Waals surface area contributed by atoms with Gasteiger partial charge in [-0.25, -0.2) is 14.4 Å². The fraction of sp³-hybridized carbons (Fsp3) is 0.167. The van der Waals surface area contributed by atoms with E-state index >= 15 is 0 Å². The summed E-state index contributed by atoms with van der Waals surface area (Å²) < 4.78 is 12.8. The molecule has 0 aliphatic rings. The summed E-state index contributed by atoms with van der Waals surface area (Å²) in [5, 5.41) is 12.5. The molecule has 2 aromatic rings. The summed E-state index contributed by atoms with van der Waals surface area (Å²) in [6.45, 7) is 3.74. The smallest absolute Gasteiger partial charge is 0.141 e. The first-order valence-electron chi connectivity index (χ1n) is 5.11. The molecule has 0 bridgehead atoms. The zero-order valence-corrected chi connectivity index (χ0v) is 9.53. The average molecular weight is 233 g/mol. The topological polar surface area (TPSA) is 58.0 Å². The first-order chi connectivity index (χ1) is 8.08. The van der Waals surface area contributed by atoms with Gasteiger partial charge in [0.25, 0.3) is 0 Å². The van der Waals surface area contributed by atoms with Crippen LogP contribution >= 0.6 is 0 Å². The highest BCUT2D eigenvalue weighted by Gasteiger charge is 2.07. The van der Waals surface area contributed by atoms with Crippen molar-refractivity contribution in [1.29, 1.82) is 0 Å². The summed E-state index contributed by atoms with van der Waals surface area (Å²) in [6, 6.07) is 3.78. The molecule has 5 heteroatoms. The Balaban J connectivity index is 2.35. The molecule has 1 aromatic carbocycles. The van der Waals surface area contributed by atoms with Gasteiger partial charge in [-0.3, -0.25) is 0 Å². The van der Waals surface area contributed by atoms with Crippen molar-refractivity contribution in [2.24, 2.45) is 0 Å². The Bertz CT molecular complexity index is 557. The van der Waals surface area contributed by atoms with Crippen LogP contribution in [0.2, 0.25) is 0 Å². The van der Waals surface area contributed by atoms with E-state index in [0.717, 1.165) is 17.3 Å².